The van der Waals surface area contributed by atoms with Crippen LogP contribution in [-0.2, 0) is 9.59 Å². The van der Waals surface area contributed by atoms with Gasteiger partial charge in [-0.3, -0.25) is 14.5 Å². The zero-order valence-corrected chi connectivity index (χ0v) is 17.2. The van der Waals surface area contributed by atoms with Crippen LogP contribution in [0.2, 0.25) is 0 Å². The molecule has 1 aromatic heterocycles. The van der Waals surface area contributed by atoms with E-state index in [4.69, 9.17) is 9.47 Å². The van der Waals surface area contributed by atoms with E-state index in [1.165, 1.54) is 23.5 Å². The molecular formula is C23H15F2NO5S. The number of ether oxygens (including phenoxy) is 2. The number of anilines is 1. The van der Waals surface area contributed by atoms with Crippen molar-refractivity contribution in [1.29, 1.82) is 0 Å². The van der Waals surface area contributed by atoms with E-state index in [1.807, 2.05) is 0 Å². The molecule has 1 atom stereocenters. The zero-order chi connectivity index (χ0) is 22.4. The molecule has 3 heterocycles. The second kappa shape index (κ2) is 7.76. The number of benzene rings is 2. The summed E-state index contributed by atoms with van der Waals surface area (Å²) in [7, 11) is 0. The monoisotopic (exact) mass is 455 g/mol. The van der Waals surface area contributed by atoms with Crippen molar-refractivity contribution in [3.63, 3.8) is 0 Å². The zero-order valence-electron chi connectivity index (χ0n) is 16.4. The highest BCUT2D eigenvalue weighted by molar-refractivity contribution is 7.10. The predicted octanol–water partition coefficient (Wildman–Crippen LogP) is 4.42. The number of hydrogen-bond donors (Lipinski definition) is 1. The second-order valence-electron chi connectivity index (χ2n) is 7.14. The number of aliphatic hydroxyl groups excluding tert-OH is 1. The lowest BCUT2D eigenvalue weighted by Crippen LogP contribution is -2.30. The van der Waals surface area contributed by atoms with Crippen molar-refractivity contribution in [2.45, 2.75) is 6.04 Å². The van der Waals surface area contributed by atoms with Crippen molar-refractivity contribution >= 4 is 34.5 Å². The quantitative estimate of drug-likeness (QED) is 0.359. The van der Waals surface area contributed by atoms with Crippen LogP contribution in [0.4, 0.5) is 14.5 Å². The number of amides is 1. The van der Waals surface area contributed by atoms with E-state index < -0.39 is 35.1 Å². The molecule has 32 heavy (non-hydrogen) atoms. The third-order valence-corrected chi connectivity index (χ3v) is 6.17. The van der Waals surface area contributed by atoms with E-state index in [0.717, 1.165) is 23.1 Å². The molecule has 2 aliphatic rings. The number of aliphatic hydroxyl groups is 1. The Hall–Kier alpha value is -3.72. The average molecular weight is 455 g/mol. The molecule has 9 heteroatoms. The number of Topliss-reactive ketones (excluding diaryl/α,β-unsaturated/α-hetero) is 1. The van der Waals surface area contributed by atoms with Crippen LogP contribution < -0.4 is 14.4 Å². The average Bonchev–Trinajstić information content (AvgIpc) is 3.42. The second-order valence-corrected chi connectivity index (χ2v) is 8.12. The van der Waals surface area contributed by atoms with Gasteiger partial charge in [0.05, 0.1) is 11.3 Å². The molecule has 3 aromatic rings. The molecule has 1 fully saturated rings. The van der Waals surface area contributed by atoms with Crippen molar-refractivity contribution in [2.24, 2.45) is 0 Å². The molecular weight excluding hydrogens is 440 g/mol. The fraction of sp³-hybridized carbons (Fsp3) is 0.130. The summed E-state index contributed by atoms with van der Waals surface area (Å²) in [6.07, 6.45) is 0. The van der Waals surface area contributed by atoms with Crippen LogP contribution in [0.1, 0.15) is 16.5 Å². The Balaban J connectivity index is 1.70. The molecule has 2 aromatic carbocycles. The summed E-state index contributed by atoms with van der Waals surface area (Å²) in [5, 5.41) is 12.8. The number of thiophene rings is 1. The summed E-state index contributed by atoms with van der Waals surface area (Å²) in [5.74, 6) is -3.26. The molecule has 1 saturated heterocycles. The normalized spacial score (nSPS) is 19.4. The van der Waals surface area contributed by atoms with Crippen LogP contribution in [0.3, 0.4) is 0 Å². The Labute approximate surface area is 184 Å². The molecule has 1 amide bonds. The van der Waals surface area contributed by atoms with E-state index in [2.05, 4.69) is 0 Å². The van der Waals surface area contributed by atoms with Gasteiger partial charge in [0.2, 0.25) is 0 Å². The maximum atomic E-state index is 14.6. The minimum absolute atomic E-state index is 0.224. The molecule has 0 spiro atoms. The minimum atomic E-state index is -1.13. The van der Waals surface area contributed by atoms with Gasteiger partial charge in [0.25, 0.3) is 11.7 Å². The van der Waals surface area contributed by atoms with Gasteiger partial charge in [-0.1, -0.05) is 6.07 Å². The molecule has 6 nitrogen and oxygen atoms in total. The van der Waals surface area contributed by atoms with Crippen LogP contribution in [0, 0.1) is 11.6 Å². The van der Waals surface area contributed by atoms with Crippen molar-refractivity contribution in [3.8, 4) is 11.5 Å². The van der Waals surface area contributed by atoms with Crippen LogP contribution in [-0.4, -0.2) is 30.0 Å². The lowest BCUT2D eigenvalue weighted by atomic mass is 9.99. The Morgan fingerprint density at radius 3 is 2.56 bits per heavy atom. The molecule has 0 saturated carbocycles. The van der Waals surface area contributed by atoms with Crippen LogP contribution in [0.15, 0.2) is 59.5 Å². The number of halogens is 2. The summed E-state index contributed by atoms with van der Waals surface area (Å²) in [6, 6.07) is 9.52. The number of hydrogen-bond acceptors (Lipinski definition) is 6. The first-order valence-electron chi connectivity index (χ1n) is 9.65. The van der Waals surface area contributed by atoms with Gasteiger partial charge in [0.1, 0.15) is 36.6 Å². The van der Waals surface area contributed by atoms with Gasteiger partial charge in [-0.25, -0.2) is 8.78 Å². The first-order valence-corrected chi connectivity index (χ1v) is 10.5. The third kappa shape index (κ3) is 3.21. The number of carbonyl (C=O) groups excluding carboxylic acids is 2. The summed E-state index contributed by atoms with van der Waals surface area (Å²) in [6.45, 7) is 0.719. The standard InChI is InChI=1S/C23H15F2NO5S/c24-13-4-5-14(25)15(11-13)26-20(18-2-1-9-32-18)19(22(28)23(26)29)21(27)12-3-6-16-17(10-12)31-8-7-30-16/h1-6,9-11,20,27H,7-8H2/b21-19-. The molecule has 2 aliphatic heterocycles. The van der Waals surface area contributed by atoms with Crippen molar-refractivity contribution in [1.82, 2.24) is 0 Å². The van der Waals surface area contributed by atoms with E-state index in [9.17, 15) is 23.5 Å². The maximum absolute atomic E-state index is 14.6. The smallest absolute Gasteiger partial charge is 0.300 e. The molecule has 5 rings (SSSR count). The van der Waals surface area contributed by atoms with E-state index in [0.29, 0.717) is 29.6 Å². The largest absolute Gasteiger partial charge is 0.507 e. The Kier molecular flexibility index (Phi) is 4.90. The molecule has 0 radical (unpaired) electrons. The van der Waals surface area contributed by atoms with E-state index in [1.54, 1.807) is 23.6 Å². The molecule has 1 N–H and O–H groups in total. The lowest BCUT2D eigenvalue weighted by molar-refractivity contribution is -0.132. The Morgan fingerprint density at radius 2 is 1.81 bits per heavy atom. The lowest BCUT2D eigenvalue weighted by Gasteiger charge is -2.24. The van der Waals surface area contributed by atoms with Gasteiger partial charge in [0.15, 0.2) is 11.5 Å². The van der Waals surface area contributed by atoms with Crippen molar-refractivity contribution in [2.75, 3.05) is 18.1 Å². The van der Waals surface area contributed by atoms with E-state index in [-0.39, 0.29) is 16.8 Å². The minimum Gasteiger partial charge on any atom is -0.507 e. The van der Waals surface area contributed by atoms with Gasteiger partial charge in [-0.15, -0.1) is 11.3 Å². The summed E-state index contributed by atoms with van der Waals surface area (Å²) < 4.78 is 39.5. The highest BCUT2D eigenvalue weighted by Gasteiger charge is 2.48. The highest BCUT2D eigenvalue weighted by Crippen LogP contribution is 2.45. The van der Waals surface area contributed by atoms with Gasteiger partial charge in [-0.05, 0) is 41.8 Å². The van der Waals surface area contributed by atoms with Gasteiger partial charge in [0, 0.05) is 16.5 Å². The van der Waals surface area contributed by atoms with Crippen LogP contribution in [0.25, 0.3) is 5.76 Å². The Morgan fingerprint density at radius 1 is 1.03 bits per heavy atom. The number of rotatable bonds is 3. The number of fused-ring (bicyclic) bond motifs is 1. The van der Waals surface area contributed by atoms with Gasteiger partial charge >= 0.3 is 0 Å². The molecule has 1 unspecified atom stereocenters. The number of carbonyl (C=O) groups is 2. The third-order valence-electron chi connectivity index (χ3n) is 5.24. The van der Waals surface area contributed by atoms with Gasteiger partial charge < -0.3 is 14.6 Å². The van der Waals surface area contributed by atoms with E-state index >= 15 is 0 Å². The topological polar surface area (TPSA) is 76.1 Å². The maximum Gasteiger partial charge on any atom is 0.300 e. The fourth-order valence-electron chi connectivity index (χ4n) is 3.81. The van der Waals surface area contributed by atoms with Crippen LogP contribution in [0.5, 0.6) is 11.5 Å². The van der Waals surface area contributed by atoms with Crippen LogP contribution >= 0.6 is 11.3 Å². The molecule has 0 bridgehead atoms. The SMILES string of the molecule is O=C1C(=O)N(c2cc(F)ccc2F)C(c2cccs2)/C1=C(/O)c1ccc2c(c1)OCCO2. The fourth-order valence-corrected chi connectivity index (χ4v) is 4.64. The first kappa shape index (κ1) is 20.2. The summed E-state index contributed by atoms with van der Waals surface area (Å²) in [4.78, 5) is 27.4. The first-order chi connectivity index (χ1) is 15.5. The Bertz CT molecular complexity index is 1270. The van der Waals surface area contributed by atoms with Crippen molar-refractivity contribution in [3.05, 3.63) is 81.6 Å². The van der Waals surface area contributed by atoms with Crippen molar-refractivity contribution < 1.29 is 33.0 Å². The number of nitrogens with zero attached hydrogens (tertiary/aromatic N) is 1. The predicted molar refractivity (Wildman–Crippen MR) is 113 cm³/mol. The number of ketones is 1. The molecule has 0 aliphatic carbocycles. The highest BCUT2D eigenvalue weighted by atomic mass is 32.1. The summed E-state index contributed by atoms with van der Waals surface area (Å²) >= 11 is 1.22. The summed E-state index contributed by atoms with van der Waals surface area (Å²) in [5.41, 5.74) is -0.377. The molecule has 162 valence electrons. The van der Waals surface area contributed by atoms with Gasteiger partial charge in [-0.2, -0.15) is 0 Å².